The largest absolute Gasteiger partial charge is 0.361 e. The summed E-state index contributed by atoms with van der Waals surface area (Å²) < 4.78 is 7.29. The number of fused-ring (bicyclic) bond motifs is 1. The summed E-state index contributed by atoms with van der Waals surface area (Å²) in [6, 6.07) is 0.00343. The molecule has 0 fully saturated rings. The van der Waals surface area contributed by atoms with Crippen LogP contribution in [0.1, 0.15) is 53.4 Å². The van der Waals surface area contributed by atoms with Crippen LogP contribution in [0.25, 0.3) is 0 Å². The van der Waals surface area contributed by atoms with Crippen molar-refractivity contribution >= 4 is 5.91 Å². The molecule has 6 nitrogen and oxygen atoms in total. The van der Waals surface area contributed by atoms with Crippen LogP contribution in [0, 0.1) is 13.8 Å². The summed E-state index contributed by atoms with van der Waals surface area (Å²) in [5.74, 6) is 1.55. The highest BCUT2D eigenvalue weighted by Crippen LogP contribution is 2.29. The fraction of sp³-hybridized carbons (Fsp3) is 0.533. The van der Waals surface area contributed by atoms with Crippen LogP contribution in [-0.4, -0.2) is 32.1 Å². The van der Waals surface area contributed by atoms with E-state index < -0.39 is 0 Å². The topological polar surface area (TPSA) is 64.2 Å². The molecule has 21 heavy (non-hydrogen) atoms. The Labute approximate surface area is 123 Å². The minimum atomic E-state index is -0.00505. The lowest BCUT2D eigenvalue weighted by molar-refractivity contribution is 0.0668. The number of amides is 1. The van der Waals surface area contributed by atoms with Crippen molar-refractivity contribution in [2.75, 3.05) is 6.54 Å². The first kappa shape index (κ1) is 13.9. The lowest BCUT2D eigenvalue weighted by Gasteiger charge is -2.28. The molecular formula is C15H20N4O2. The van der Waals surface area contributed by atoms with Gasteiger partial charge in [-0.25, -0.2) is 4.98 Å². The molecule has 1 aliphatic heterocycles. The number of carbonyl (C=O) groups excluding carboxylic acids is 1. The highest BCUT2D eigenvalue weighted by atomic mass is 16.5. The zero-order valence-electron chi connectivity index (χ0n) is 12.7. The Bertz CT molecular complexity index is 639. The molecule has 3 rings (SSSR count). The van der Waals surface area contributed by atoms with E-state index in [4.69, 9.17) is 4.52 Å². The fourth-order valence-corrected chi connectivity index (χ4v) is 3.09. The zero-order chi connectivity index (χ0) is 15.0. The van der Waals surface area contributed by atoms with Crippen LogP contribution in [0.4, 0.5) is 0 Å². The third-order valence-corrected chi connectivity index (χ3v) is 4.11. The van der Waals surface area contributed by atoms with Gasteiger partial charge in [0, 0.05) is 25.5 Å². The lowest BCUT2D eigenvalue weighted by atomic mass is 10.1. The smallest absolute Gasteiger partial charge is 0.259 e. The maximum absolute atomic E-state index is 12.9. The van der Waals surface area contributed by atoms with Crippen molar-refractivity contribution in [2.45, 2.75) is 46.2 Å². The average Bonchev–Trinajstić information content (AvgIpc) is 3.00. The summed E-state index contributed by atoms with van der Waals surface area (Å²) >= 11 is 0. The van der Waals surface area contributed by atoms with Crippen LogP contribution < -0.4 is 0 Å². The van der Waals surface area contributed by atoms with Crippen molar-refractivity contribution in [1.29, 1.82) is 0 Å². The van der Waals surface area contributed by atoms with Crippen molar-refractivity contribution in [2.24, 2.45) is 0 Å². The first-order chi connectivity index (χ1) is 10.1. The molecule has 3 heterocycles. The molecule has 1 unspecified atom stereocenters. The molecule has 112 valence electrons. The van der Waals surface area contributed by atoms with Gasteiger partial charge in [-0.1, -0.05) is 12.1 Å². The first-order valence-corrected chi connectivity index (χ1v) is 7.38. The molecule has 6 heteroatoms. The Morgan fingerprint density at radius 2 is 2.24 bits per heavy atom. The second-order valence-corrected chi connectivity index (χ2v) is 5.45. The minimum Gasteiger partial charge on any atom is -0.361 e. The van der Waals surface area contributed by atoms with Crippen LogP contribution in [-0.2, 0) is 6.54 Å². The molecule has 1 aliphatic rings. The molecule has 0 radical (unpaired) electrons. The molecule has 1 atom stereocenters. The third-order valence-electron chi connectivity index (χ3n) is 4.11. The molecule has 2 aromatic heterocycles. The van der Waals surface area contributed by atoms with Gasteiger partial charge < -0.3 is 14.0 Å². The molecule has 1 amide bonds. The van der Waals surface area contributed by atoms with Crippen LogP contribution in [0.2, 0.25) is 0 Å². The van der Waals surface area contributed by atoms with Gasteiger partial charge in [0.1, 0.15) is 17.1 Å². The van der Waals surface area contributed by atoms with E-state index >= 15 is 0 Å². The predicted octanol–water partition coefficient (Wildman–Crippen LogP) is 2.49. The first-order valence-electron chi connectivity index (χ1n) is 7.38. The van der Waals surface area contributed by atoms with Gasteiger partial charge in [-0.2, -0.15) is 0 Å². The van der Waals surface area contributed by atoms with Gasteiger partial charge >= 0.3 is 0 Å². The van der Waals surface area contributed by atoms with Crippen molar-refractivity contribution in [3.63, 3.8) is 0 Å². The van der Waals surface area contributed by atoms with Crippen molar-refractivity contribution < 1.29 is 9.32 Å². The average molecular weight is 288 g/mol. The standard InChI is InChI=1S/C15H20N4O2/c1-4-12-14-16-6-9-18(14)7-5-8-19(12)15(20)13-10(2)17-21-11(13)3/h6,9,12H,4-5,7-8H2,1-3H3. The van der Waals surface area contributed by atoms with E-state index in [0.29, 0.717) is 17.0 Å². The SMILES string of the molecule is CCC1c2nccn2CCCN1C(=O)c1c(C)noc1C. The highest BCUT2D eigenvalue weighted by molar-refractivity contribution is 5.96. The number of hydrogen-bond acceptors (Lipinski definition) is 4. The van der Waals surface area contributed by atoms with Gasteiger partial charge in [-0.3, -0.25) is 4.79 Å². The zero-order valence-corrected chi connectivity index (χ0v) is 12.7. The van der Waals surface area contributed by atoms with Crippen LogP contribution >= 0.6 is 0 Å². The van der Waals surface area contributed by atoms with Gasteiger partial charge in [-0.15, -0.1) is 0 Å². The highest BCUT2D eigenvalue weighted by Gasteiger charge is 2.32. The summed E-state index contributed by atoms with van der Waals surface area (Å²) in [5.41, 5.74) is 1.24. The summed E-state index contributed by atoms with van der Waals surface area (Å²) in [6.07, 6.45) is 5.56. The Kier molecular flexibility index (Phi) is 3.53. The second kappa shape index (κ2) is 5.35. The van der Waals surface area contributed by atoms with Gasteiger partial charge in [0.25, 0.3) is 5.91 Å². The number of carbonyl (C=O) groups is 1. The van der Waals surface area contributed by atoms with Gasteiger partial charge in [0.15, 0.2) is 0 Å². The van der Waals surface area contributed by atoms with Crippen LogP contribution in [0.5, 0.6) is 0 Å². The van der Waals surface area contributed by atoms with E-state index in [2.05, 4.69) is 21.6 Å². The van der Waals surface area contributed by atoms with E-state index in [1.165, 1.54) is 0 Å². The van der Waals surface area contributed by atoms with Crippen molar-refractivity contribution in [3.05, 3.63) is 35.2 Å². The van der Waals surface area contributed by atoms with E-state index in [-0.39, 0.29) is 11.9 Å². The summed E-state index contributed by atoms with van der Waals surface area (Å²) in [5, 5.41) is 3.90. The predicted molar refractivity (Wildman–Crippen MR) is 76.9 cm³/mol. The summed E-state index contributed by atoms with van der Waals surface area (Å²) in [6.45, 7) is 7.31. The number of rotatable bonds is 2. The van der Waals surface area contributed by atoms with Crippen LogP contribution in [0.3, 0.4) is 0 Å². The molecule has 0 aromatic carbocycles. The fourth-order valence-electron chi connectivity index (χ4n) is 3.09. The second-order valence-electron chi connectivity index (χ2n) is 5.45. The lowest BCUT2D eigenvalue weighted by Crippen LogP contribution is -2.35. The van der Waals surface area contributed by atoms with Crippen LogP contribution in [0.15, 0.2) is 16.9 Å². The number of aryl methyl sites for hydroxylation is 3. The molecule has 0 aliphatic carbocycles. The Morgan fingerprint density at radius 1 is 1.43 bits per heavy atom. The molecule has 0 spiro atoms. The van der Waals surface area contributed by atoms with Gasteiger partial charge in [0.2, 0.25) is 0 Å². The Hall–Kier alpha value is -2.11. The van der Waals surface area contributed by atoms with Crippen molar-refractivity contribution in [3.8, 4) is 0 Å². The maximum Gasteiger partial charge on any atom is 0.259 e. The molecule has 0 bridgehead atoms. The molecule has 2 aromatic rings. The molecule has 0 saturated carbocycles. The molecule has 0 N–H and O–H groups in total. The number of imidazole rings is 1. The molecule has 0 saturated heterocycles. The van der Waals surface area contributed by atoms with Gasteiger partial charge in [-0.05, 0) is 26.7 Å². The number of aromatic nitrogens is 3. The summed E-state index contributed by atoms with van der Waals surface area (Å²) in [4.78, 5) is 19.3. The maximum atomic E-state index is 12.9. The van der Waals surface area contributed by atoms with E-state index in [1.54, 1.807) is 6.92 Å². The monoisotopic (exact) mass is 288 g/mol. The normalized spacial score (nSPS) is 18.4. The van der Waals surface area contributed by atoms with Crippen molar-refractivity contribution in [1.82, 2.24) is 19.6 Å². The Balaban J connectivity index is 1.99. The summed E-state index contributed by atoms with van der Waals surface area (Å²) in [7, 11) is 0. The van der Waals surface area contributed by atoms with E-state index in [0.717, 1.165) is 31.8 Å². The number of nitrogens with zero attached hydrogens (tertiary/aromatic N) is 4. The third kappa shape index (κ3) is 2.24. The Morgan fingerprint density at radius 3 is 2.90 bits per heavy atom. The number of hydrogen-bond donors (Lipinski definition) is 0. The minimum absolute atomic E-state index is 0.00343. The molecular weight excluding hydrogens is 268 g/mol. The van der Waals surface area contributed by atoms with E-state index in [9.17, 15) is 4.79 Å². The quantitative estimate of drug-likeness (QED) is 0.851. The van der Waals surface area contributed by atoms with E-state index in [1.807, 2.05) is 24.2 Å². The van der Waals surface area contributed by atoms with Gasteiger partial charge in [0.05, 0.1) is 11.7 Å².